The molecule has 0 spiro atoms. The van der Waals surface area contributed by atoms with Crippen LogP contribution >= 0.6 is 0 Å². The van der Waals surface area contributed by atoms with E-state index in [4.69, 9.17) is 8.83 Å². The fraction of sp³-hybridized carbons (Fsp3) is 0.357. The van der Waals surface area contributed by atoms with Gasteiger partial charge in [0.15, 0.2) is 5.78 Å². The van der Waals surface area contributed by atoms with Gasteiger partial charge in [-0.25, -0.2) is 4.79 Å². The smallest absolute Gasteiger partial charge is 0.323 e. The first-order chi connectivity index (χ1) is 17.2. The fourth-order valence-electron chi connectivity index (χ4n) is 5.75. The average Bonchev–Trinajstić information content (AvgIpc) is 3.57. The van der Waals surface area contributed by atoms with Crippen molar-refractivity contribution >= 4 is 23.2 Å². The number of nitrogens with one attached hydrogen (secondary N) is 2. The summed E-state index contributed by atoms with van der Waals surface area (Å²) in [7, 11) is 0. The molecule has 0 unspecified atom stereocenters. The van der Waals surface area contributed by atoms with Crippen molar-refractivity contribution in [3.8, 4) is 0 Å². The van der Waals surface area contributed by atoms with Crippen LogP contribution in [-0.2, 0) is 4.79 Å². The molecule has 1 saturated carbocycles. The number of nitrogens with zero attached hydrogens (tertiary/aromatic N) is 1. The van der Waals surface area contributed by atoms with E-state index in [1.54, 1.807) is 23.5 Å². The Bertz CT molecular complexity index is 1240. The molecule has 0 radical (unpaired) electrons. The summed E-state index contributed by atoms with van der Waals surface area (Å²) in [6.07, 6.45) is 9.56. The number of benzene rings is 1. The van der Waals surface area contributed by atoms with E-state index in [-0.39, 0.29) is 23.8 Å². The predicted octanol–water partition coefficient (Wildman–Crippen LogP) is 6.29. The Morgan fingerprint density at radius 1 is 0.914 bits per heavy atom. The molecule has 180 valence electrons. The Morgan fingerprint density at radius 3 is 2.40 bits per heavy atom. The van der Waals surface area contributed by atoms with Gasteiger partial charge in [0, 0.05) is 29.7 Å². The standard InChI is InChI=1S/C28H29N3O4/c32-23-17-18(24-12-6-14-34-24)16-21-26(23)27(25-13-7-15-35-25)31(22-11-5-4-10-20(22)30-21)28(33)29-19-8-2-1-3-9-19/h4-7,10-15,18-19,27,30H,1-3,8-9,16-17H2,(H,29,33)/t18-,27-/m0/s1. The second-order valence-corrected chi connectivity index (χ2v) is 9.65. The van der Waals surface area contributed by atoms with E-state index in [9.17, 15) is 9.59 Å². The van der Waals surface area contributed by atoms with E-state index in [1.165, 1.54) is 6.42 Å². The average molecular weight is 472 g/mol. The first kappa shape index (κ1) is 21.8. The number of hydrogen-bond acceptors (Lipinski definition) is 5. The molecule has 0 saturated heterocycles. The topological polar surface area (TPSA) is 87.7 Å². The van der Waals surface area contributed by atoms with E-state index < -0.39 is 6.04 Å². The van der Waals surface area contributed by atoms with Gasteiger partial charge in [-0.15, -0.1) is 0 Å². The molecule has 1 fully saturated rings. The molecule has 2 N–H and O–H groups in total. The lowest BCUT2D eigenvalue weighted by atomic mass is 9.81. The van der Waals surface area contributed by atoms with Gasteiger partial charge in [-0.05, 0) is 55.7 Å². The molecule has 2 atom stereocenters. The summed E-state index contributed by atoms with van der Waals surface area (Å²) in [5.74, 6) is 1.30. The van der Waals surface area contributed by atoms with Gasteiger partial charge in [0.05, 0.1) is 23.9 Å². The van der Waals surface area contributed by atoms with Crippen molar-refractivity contribution in [1.29, 1.82) is 0 Å². The lowest BCUT2D eigenvalue weighted by molar-refractivity contribution is -0.116. The number of para-hydroxylation sites is 2. The minimum absolute atomic E-state index is 0.00942. The highest BCUT2D eigenvalue weighted by Gasteiger charge is 2.43. The number of fused-ring (bicyclic) bond motifs is 1. The molecule has 7 heteroatoms. The number of Topliss-reactive ketones (excluding diaryl/α,β-unsaturated/α-hetero) is 1. The fourth-order valence-corrected chi connectivity index (χ4v) is 5.75. The minimum Gasteiger partial charge on any atom is -0.469 e. The Hall–Kier alpha value is -3.74. The molecule has 3 aromatic rings. The number of rotatable bonds is 3. The van der Waals surface area contributed by atoms with Crippen molar-refractivity contribution in [2.75, 3.05) is 10.2 Å². The lowest BCUT2D eigenvalue weighted by Gasteiger charge is -2.34. The maximum atomic E-state index is 13.9. The van der Waals surface area contributed by atoms with Gasteiger partial charge >= 0.3 is 6.03 Å². The SMILES string of the molecule is O=C1C[C@@H](c2ccco2)CC2=C1[C@H](c1ccco1)N(C(=O)NC1CCCCC1)c1ccccc1N2. The maximum Gasteiger partial charge on any atom is 0.323 e. The van der Waals surface area contributed by atoms with E-state index in [1.807, 2.05) is 42.5 Å². The monoisotopic (exact) mass is 471 g/mol. The Kier molecular flexibility index (Phi) is 5.68. The zero-order valence-corrected chi connectivity index (χ0v) is 19.5. The molecule has 3 heterocycles. The van der Waals surface area contributed by atoms with Crippen LogP contribution in [0, 0.1) is 0 Å². The Morgan fingerprint density at radius 2 is 1.66 bits per heavy atom. The second-order valence-electron chi connectivity index (χ2n) is 9.65. The largest absolute Gasteiger partial charge is 0.469 e. The van der Waals surface area contributed by atoms with Crippen molar-refractivity contribution < 1.29 is 18.4 Å². The van der Waals surface area contributed by atoms with Crippen LogP contribution in [0.1, 0.15) is 68.4 Å². The zero-order chi connectivity index (χ0) is 23.8. The van der Waals surface area contributed by atoms with Crippen molar-refractivity contribution in [3.63, 3.8) is 0 Å². The van der Waals surface area contributed by atoms with Crippen LogP contribution in [0.2, 0.25) is 0 Å². The molecule has 2 amide bonds. The first-order valence-corrected chi connectivity index (χ1v) is 12.5. The number of carbonyl (C=O) groups excluding carboxylic acids is 2. The molecule has 3 aliphatic rings. The molecule has 1 aliphatic heterocycles. The zero-order valence-electron chi connectivity index (χ0n) is 19.5. The molecule has 35 heavy (non-hydrogen) atoms. The van der Waals surface area contributed by atoms with Gasteiger partial charge in [0.1, 0.15) is 17.6 Å². The number of urea groups is 1. The number of anilines is 2. The van der Waals surface area contributed by atoms with E-state index in [2.05, 4.69) is 10.6 Å². The molecule has 1 aromatic carbocycles. The van der Waals surface area contributed by atoms with Gasteiger partial charge in [0.2, 0.25) is 0 Å². The summed E-state index contributed by atoms with van der Waals surface area (Å²) in [5, 5.41) is 6.78. The molecule has 2 aliphatic carbocycles. The van der Waals surface area contributed by atoms with Gasteiger partial charge in [0.25, 0.3) is 0 Å². The van der Waals surface area contributed by atoms with Crippen LogP contribution in [0.5, 0.6) is 0 Å². The molecule has 0 bridgehead atoms. The van der Waals surface area contributed by atoms with E-state index in [0.29, 0.717) is 24.2 Å². The van der Waals surface area contributed by atoms with Crippen molar-refractivity contribution in [3.05, 3.63) is 83.8 Å². The summed E-state index contributed by atoms with van der Waals surface area (Å²) in [6.45, 7) is 0. The van der Waals surface area contributed by atoms with Gasteiger partial charge in [-0.3, -0.25) is 9.69 Å². The molecule has 2 aromatic heterocycles. The highest BCUT2D eigenvalue weighted by atomic mass is 16.3. The van der Waals surface area contributed by atoms with E-state index in [0.717, 1.165) is 48.5 Å². The maximum absolute atomic E-state index is 13.9. The highest BCUT2D eigenvalue weighted by Crippen LogP contribution is 2.47. The van der Waals surface area contributed by atoms with Crippen LogP contribution < -0.4 is 15.5 Å². The number of amides is 2. The number of furan rings is 2. The third-order valence-electron chi connectivity index (χ3n) is 7.40. The van der Waals surface area contributed by atoms with Gasteiger partial charge in [-0.1, -0.05) is 31.4 Å². The Balaban J connectivity index is 1.46. The minimum atomic E-state index is -0.662. The summed E-state index contributed by atoms with van der Waals surface area (Å²) in [6, 6.07) is 14.4. The van der Waals surface area contributed by atoms with Crippen LogP contribution in [0.25, 0.3) is 0 Å². The van der Waals surface area contributed by atoms with Crippen LogP contribution in [0.3, 0.4) is 0 Å². The van der Waals surface area contributed by atoms with Gasteiger partial charge in [-0.2, -0.15) is 0 Å². The number of allylic oxidation sites excluding steroid dienone is 1. The van der Waals surface area contributed by atoms with Crippen LogP contribution in [0.4, 0.5) is 16.2 Å². The van der Waals surface area contributed by atoms with Gasteiger partial charge < -0.3 is 19.5 Å². The summed E-state index contributed by atoms with van der Waals surface area (Å²) in [4.78, 5) is 29.4. The lowest BCUT2D eigenvalue weighted by Crippen LogP contribution is -2.48. The van der Waals surface area contributed by atoms with Crippen LogP contribution in [-0.4, -0.2) is 17.9 Å². The Labute approximate surface area is 204 Å². The van der Waals surface area contributed by atoms with Crippen molar-refractivity contribution in [2.24, 2.45) is 0 Å². The molecule has 7 nitrogen and oxygen atoms in total. The quantitative estimate of drug-likeness (QED) is 0.469. The summed E-state index contributed by atoms with van der Waals surface area (Å²) >= 11 is 0. The first-order valence-electron chi connectivity index (χ1n) is 12.5. The third kappa shape index (κ3) is 4.05. The van der Waals surface area contributed by atoms with Crippen molar-refractivity contribution in [2.45, 2.75) is 62.9 Å². The summed E-state index contributed by atoms with van der Waals surface area (Å²) in [5.41, 5.74) is 2.90. The number of ketones is 1. The summed E-state index contributed by atoms with van der Waals surface area (Å²) < 4.78 is 11.5. The highest BCUT2D eigenvalue weighted by molar-refractivity contribution is 6.05. The van der Waals surface area contributed by atoms with Crippen molar-refractivity contribution in [1.82, 2.24) is 5.32 Å². The molecule has 6 rings (SSSR count). The van der Waals surface area contributed by atoms with Crippen LogP contribution in [0.15, 0.2) is 81.2 Å². The third-order valence-corrected chi connectivity index (χ3v) is 7.40. The van der Waals surface area contributed by atoms with E-state index >= 15 is 0 Å². The second kappa shape index (κ2) is 9.13. The predicted molar refractivity (Wildman–Crippen MR) is 132 cm³/mol. The molecular weight excluding hydrogens is 442 g/mol. The normalized spacial score (nSPS) is 22.7. The number of hydrogen-bond donors (Lipinski definition) is 2. The number of carbonyl (C=O) groups is 2. The molecular formula is C28H29N3O4.